The highest BCUT2D eigenvalue weighted by atomic mass is 16.5. The molecule has 3 rings (SSSR count). The van der Waals surface area contributed by atoms with Crippen LogP contribution in [0.5, 0.6) is 11.5 Å². The first-order valence-corrected chi connectivity index (χ1v) is 11.0. The van der Waals surface area contributed by atoms with Gasteiger partial charge >= 0.3 is 5.97 Å². The maximum atomic E-state index is 11.4. The molecule has 6 heteroatoms. The number of benzene rings is 2. The van der Waals surface area contributed by atoms with Gasteiger partial charge in [-0.2, -0.15) is 0 Å². The highest BCUT2D eigenvalue weighted by Gasteiger charge is 2.14. The monoisotopic (exact) mass is 437 g/mol. The van der Waals surface area contributed by atoms with E-state index in [0.717, 1.165) is 41.0 Å². The van der Waals surface area contributed by atoms with Gasteiger partial charge in [-0.1, -0.05) is 19.1 Å². The second-order valence-corrected chi connectivity index (χ2v) is 7.75. The van der Waals surface area contributed by atoms with Gasteiger partial charge in [0.1, 0.15) is 17.8 Å². The van der Waals surface area contributed by atoms with E-state index in [2.05, 4.69) is 24.0 Å². The minimum atomic E-state index is -0.200. The Bertz CT molecular complexity index is 1010. The number of oxazole rings is 1. The molecule has 0 N–H and O–H groups in total. The predicted octanol–water partition coefficient (Wildman–Crippen LogP) is 5.55. The molecule has 0 spiro atoms. The number of nitrogens with zero attached hydrogens (tertiary/aromatic N) is 1. The molecule has 1 heterocycles. The largest absolute Gasteiger partial charge is 0.493 e. The fourth-order valence-corrected chi connectivity index (χ4v) is 3.42. The SMILES string of the molecule is CCc1ccc(OC(C)CCOc2ccc(CCC(=O)OC)c(C)c2)c(-c2ncco2)c1. The van der Waals surface area contributed by atoms with E-state index in [-0.39, 0.29) is 12.1 Å². The zero-order valence-corrected chi connectivity index (χ0v) is 19.2. The normalized spacial score (nSPS) is 11.8. The van der Waals surface area contributed by atoms with Crippen LogP contribution in [0.1, 0.15) is 43.4 Å². The Labute approximate surface area is 189 Å². The average molecular weight is 438 g/mol. The Hall–Kier alpha value is -3.28. The molecule has 1 atom stereocenters. The molecule has 0 aliphatic rings. The van der Waals surface area contributed by atoms with Crippen molar-refractivity contribution in [3.8, 4) is 23.0 Å². The maximum absolute atomic E-state index is 11.4. The first-order valence-electron chi connectivity index (χ1n) is 11.0. The van der Waals surface area contributed by atoms with Crippen molar-refractivity contribution in [3.05, 3.63) is 65.5 Å². The quantitative estimate of drug-likeness (QED) is 0.366. The Balaban J connectivity index is 1.54. The third-order valence-electron chi connectivity index (χ3n) is 5.38. The van der Waals surface area contributed by atoms with Crippen LogP contribution in [-0.2, 0) is 22.4 Å². The Kier molecular flexibility index (Phi) is 8.31. The van der Waals surface area contributed by atoms with E-state index in [4.69, 9.17) is 18.6 Å². The molecule has 1 aromatic heterocycles. The zero-order valence-electron chi connectivity index (χ0n) is 19.2. The zero-order chi connectivity index (χ0) is 22.9. The number of aryl methyl sites for hydroxylation is 3. The van der Waals surface area contributed by atoms with Crippen molar-refractivity contribution >= 4 is 5.97 Å². The van der Waals surface area contributed by atoms with Crippen molar-refractivity contribution in [1.82, 2.24) is 4.98 Å². The van der Waals surface area contributed by atoms with Gasteiger partial charge in [-0.3, -0.25) is 4.79 Å². The Morgan fingerprint density at radius 3 is 2.72 bits per heavy atom. The number of hydrogen-bond acceptors (Lipinski definition) is 6. The lowest BCUT2D eigenvalue weighted by Gasteiger charge is -2.18. The fraction of sp³-hybridized carbons (Fsp3) is 0.385. The third kappa shape index (κ3) is 6.36. The number of aromatic nitrogens is 1. The Morgan fingerprint density at radius 2 is 2.03 bits per heavy atom. The van der Waals surface area contributed by atoms with Crippen LogP contribution < -0.4 is 9.47 Å². The Morgan fingerprint density at radius 1 is 1.19 bits per heavy atom. The summed E-state index contributed by atoms with van der Waals surface area (Å²) in [6.07, 6.45) is 5.85. The van der Waals surface area contributed by atoms with Gasteiger partial charge in [-0.15, -0.1) is 0 Å². The second kappa shape index (κ2) is 11.4. The lowest BCUT2D eigenvalue weighted by Crippen LogP contribution is -2.16. The minimum absolute atomic E-state index is 0.0448. The van der Waals surface area contributed by atoms with Gasteiger partial charge in [0.2, 0.25) is 5.89 Å². The van der Waals surface area contributed by atoms with Crippen molar-refractivity contribution < 1.29 is 23.4 Å². The summed E-state index contributed by atoms with van der Waals surface area (Å²) in [7, 11) is 1.41. The highest BCUT2D eigenvalue weighted by molar-refractivity contribution is 5.69. The van der Waals surface area contributed by atoms with E-state index >= 15 is 0 Å². The van der Waals surface area contributed by atoms with Crippen LogP contribution in [-0.4, -0.2) is 30.8 Å². The molecule has 0 radical (unpaired) electrons. The van der Waals surface area contributed by atoms with Crippen LogP contribution >= 0.6 is 0 Å². The summed E-state index contributed by atoms with van der Waals surface area (Å²) in [5, 5.41) is 0. The number of carbonyl (C=O) groups excluding carboxylic acids is 1. The molecule has 32 heavy (non-hydrogen) atoms. The van der Waals surface area contributed by atoms with Crippen molar-refractivity contribution in [3.63, 3.8) is 0 Å². The standard InChI is InChI=1S/C26H31NO5/c1-5-20-6-10-24(23(17-20)26-27-13-15-31-26)32-19(3)12-14-30-22-9-7-21(18(2)16-22)8-11-25(28)29-4/h6-7,9-10,13,15-17,19H,5,8,11-12,14H2,1-4H3. The molecule has 6 nitrogen and oxygen atoms in total. The fourth-order valence-electron chi connectivity index (χ4n) is 3.42. The highest BCUT2D eigenvalue weighted by Crippen LogP contribution is 2.31. The maximum Gasteiger partial charge on any atom is 0.305 e. The van der Waals surface area contributed by atoms with Crippen LogP contribution in [0, 0.1) is 6.92 Å². The average Bonchev–Trinajstić information content (AvgIpc) is 3.33. The minimum Gasteiger partial charge on any atom is -0.493 e. The van der Waals surface area contributed by atoms with Crippen molar-refractivity contribution in [1.29, 1.82) is 0 Å². The van der Waals surface area contributed by atoms with E-state index in [0.29, 0.717) is 25.3 Å². The van der Waals surface area contributed by atoms with E-state index < -0.39 is 0 Å². The van der Waals surface area contributed by atoms with E-state index in [1.165, 1.54) is 12.7 Å². The summed E-state index contributed by atoms with van der Waals surface area (Å²) in [5.41, 5.74) is 4.28. The van der Waals surface area contributed by atoms with Crippen molar-refractivity contribution in [2.75, 3.05) is 13.7 Å². The van der Waals surface area contributed by atoms with Gasteiger partial charge in [-0.25, -0.2) is 4.98 Å². The first-order chi connectivity index (χ1) is 15.5. The van der Waals surface area contributed by atoms with Crippen LogP contribution in [0.4, 0.5) is 0 Å². The smallest absolute Gasteiger partial charge is 0.305 e. The van der Waals surface area contributed by atoms with Crippen LogP contribution in [0.15, 0.2) is 53.3 Å². The lowest BCUT2D eigenvalue weighted by atomic mass is 10.0. The van der Waals surface area contributed by atoms with Gasteiger partial charge in [0.05, 0.1) is 31.6 Å². The van der Waals surface area contributed by atoms with Crippen LogP contribution in [0.25, 0.3) is 11.5 Å². The van der Waals surface area contributed by atoms with Gasteiger partial charge in [0, 0.05) is 12.8 Å². The lowest BCUT2D eigenvalue weighted by molar-refractivity contribution is -0.140. The summed E-state index contributed by atoms with van der Waals surface area (Å²) >= 11 is 0. The molecular formula is C26H31NO5. The molecule has 0 fully saturated rings. The summed E-state index contributed by atoms with van der Waals surface area (Å²) < 4.78 is 22.3. The van der Waals surface area contributed by atoms with Crippen LogP contribution in [0.3, 0.4) is 0 Å². The summed E-state index contributed by atoms with van der Waals surface area (Å²) in [6.45, 7) is 6.69. The summed E-state index contributed by atoms with van der Waals surface area (Å²) in [5.74, 6) is 1.92. The number of ether oxygens (including phenoxy) is 3. The number of esters is 1. The molecule has 0 aliphatic heterocycles. The van der Waals surface area contributed by atoms with E-state index in [1.807, 2.05) is 38.1 Å². The molecule has 0 bridgehead atoms. The van der Waals surface area contributed by atoms with Crippen molar-refractivity contribution in [2.24, 2.45) is 0 Å². The third-order valence-corrected chi connectivity index (χ3v) is 5.38. The number of carbonyl (C=O) groups is 1. The molecular weight excluding hydrogens is 406 g/mol. The van der Waals surface area contributed by atoms with E-state index in [9.17, 15) is 4.79 Å². The molecule has 170 valence electrons. The van der Waals surface area contributed by atoms with Gasteiger partial charge in [0.15, 0.2) is 0 Å². The van der Waals surface area contributed by atoms with E-state index in [1.54, 1.807) is 12.5 Å². The summed E-state index contributed by atoms with van der Waals surface area (Å²) in [6, 6.07) is 12.1. The molecule has 0 amide bonds. The number of rotatable bonds is 11. The van der Waals surface area contributed by atoms with Gasteiger partial charge in [0.25, 0.3) is 0 Å². The topological polar surface area (TPSA) is 70.8 Å². The van der Waals surface area contributed by atoms with Gasteiger partial charge in [-0.05, 0) is 67.6 Å². The molecule has 2 aromatic carbocycles. The molecule has 0 saturated heterocycles. The molecule has 0 saturated carbocycles. The predicted molar refractivity (Wildman–Crippen MR) is 123 cm³/mol. The number of hydrogen-bond donors (Lipinski definition) is 0. The molecule has 1 unspecified atom stereocenters. The summed E-state index contributed by atoms with van der Waals surface area (Å²) in [4.78, 5) is 15.6. The second-order valence-electron chi connectivity index (χ2n) is 7.75. The van der Waals surface area contributed by atoms with Gasteiger partial charge < -0.3 is 18.6 Å². The molecule has 3 aromatic rings. The van der Waals surface area contributed by atoms with Crippen LogP contribution in [0.2, 0.25) is 0 Å². The van der Waals surface area contributed by atoms with Crippen molar-refractivity contribution in [2.45, 2.75) is 52.6 Å². The number of methoxy groups -OCH3 is 1. The molecule has 0 aliphatic carbocycles. The first kappa shape index (κ1) is 23.4.